The Balaban J connectivity index is 1.54. The Morgan fingerprint density at radius 2 is 1.92 bits per heavy atom. The first kappa shape index (κ1) is 18.6. The molecule has 3 aromatic rings. The molecule has 5 nitrogen and oxygen atoms in total. The topological polar surface area (TPSA) is 78.4 Å². The Bertz CT molecular complexity index is 909. The lowest BCUT2D eigenvalue weighted by atomic mass is 10.2. The molecule has 2 heterocycles. The van der Waals surface area contributed by atoms with Gasteiger partial charge in [-0.25, -0.2) is 0 Å². The molecule has 8 heteroatoms. The number of carbonyl (C=O) groups excluding carboxylic acids is 2. The lowest BCUT2D eigenvalue weighted by Crippen LogP contribution is -2.34. The van der Waals surface area contributed by atoms with Crippen molar-refractivity contribution >= 4 is 51.8 Å². The molecule has 1 atom stereocenters. The summed E-state index contributed by atoms with van der Waals surface area (Å²) in [6.07, 6.45) is -0.671. The normalized spacial score (nSPS) is 11.8. The highest BCUT2D eigenvalue weighted by Gasteiger charge is 2.16. The second kappa shape index (κ2) is 8.46. The molecule has 2 amide bonds. The van der Waals surface area contributed by atoms with Gasteiger partial charge in [0.05, 0.1) is 6.54 Å². The van der Waals surface area contributed by atoms with Gasteiger partial charge in [0.15, 0.2) is 0 Å². The third-order valence-electron chi connectivity index (χ3n) is 3.48. The molecule has 0 aliphatic carbocycles. The predicted molar refractivity (Wildman–Crippen MR) is 105 cm³/mol. The summed E-state index contributed by atoms with van der Waals surface area (Å²) < 4.78 is 0. The van der Waals surface area contributed by atoms with E-state index in [0.717, 1.165) is 14.6 Å². The number of hydrogen-bond acceptors (Lipinski definition) is 5. The van der Waals surface area contributed by atoms with Crippen molar-refractivity contribution in [1.82, 2.24) is 5.32 Å². The summed E-state index contributed by atoms with van der Waals surface area (Å²) in [4.78, 5) is 26.3. The summed E-state index contributed by atoms with van der Waals surface area (Å²) >= 11 is 8.72. The number of benzene rings is 1. The first-order chi connectivity index (χ1) is 12.5. The van der Waals surface area contributed by atoms with Gasteiger partial charge in [0.1, 0.15) is 6.10 Å². The van der Waals surface area contributed by atoms with Crippen LogP contribution < -0.4 is 10.6 Å². The molecule has 2 aromatic heterocycles. The number of aliphatic hydroxyl groups is 1. The van der Waals surface area contributed by atoms with Crippen LogP contribution >= 0.6 is 34.3 Å². The Hall–Kier alpha value is -2.19. The molecule has 0 aliphatic heterocycles. The van der Waals surface area contributed by atoms with E-state index >= 15 is 0 Å². The summed E-state index contributed by atoms with van der Waals surface area (Å²) in [5.41, 5.74) is 0.454. The quantitative estimate of drug-likeness (QED) is 0.564. The smallest absolute Gasteiger partial charge is 0.313 e. The SMILES string of the molecule is O=C(NCc1ccc(C(O)c2cccs2)s1)C(=O)Nc1cccc(Cl)c1. The highest BCUT2D eigenvalue weighted by atomic mass is 35.5. The number of aliphatic hydroxyl groups excluding tert-OH is 1. The van der Waals surface area contributed by atoms with Crippen LogP contribution in [0.5, 0.6) is 0 Å². The minimum atomic E-state index is -0.761. The van der Waals surface area contributed by atoms with Crippen LogP contribution in [0.25, 0.3) is 0 Å². The number of carbonyl (C=O) groups is 2. The standard InChI is InChI=1S/C18H15ClN2O3S2/c19-11-3-1-4-12(9-11)21-18(24)17(23)20-10-13-6-7-15(26-13)16(22)14-5-2-8-25-14/h1-9,16,22H,10H2,(H,20,23)(H,21,24). The Kier molecular flexibility index (Phi) is 6.05. The fourth-order valence-electron chi connectivity index (χ4n) is 2.23. The summed E-state index contributed by atoms with van der Waals surface area (Å²) in [7, 11) is 0. The average Bonchev–Trinajstić information content (AvgIpc) is 3.31. The van der Waals surface area contributed by atoms with Gasteiger partial charge in [0.25, 0.3) is 0 Å². The van der Waals surface area contributed by atoms with Crippen LogP contribution in [0.15, 0.2) is 53.9 Å². The maximum absolute atomic E-state index is 11.9. The third kappa shape index (κ3) is 4.70. The van der Waals surface area contributed by atoms with Crippen LogP contribution in [0.4, 0.5) is 5.69 Å². The first-order valence-electron chi connectivity index (χ1n) is 7.68. The van der Waals surface area contributed by atoms with E-state index in [-0.39, 0.29) is 6.54 Å². The molecule has 1 aromatic carbocycles. The van der Waals surface area contributed by atoms with E-state index in [2.05, 4.69) is 10.6 Å². The zero-order valence-electron chi connectivity index (χ0n) is 13.4. The summed E-state index contributed by atoms with van der Waals surface area (Å²) in [6.45, 7) is 0.212. The van der Waals surface area contributed by atoms with Crippen LogP contribution in [0.2, 0.25) is 5.02 Å². The second-order valence-corrected chi connectivity index (χ2v) is 7.98. The second-order valence-electron chi connectivity index (χ2n) is 5.37. The van der Waals surface area contributed by atoms with Gasteiger partial charge in [-0.1, -0.05) is 23.7 Å². The minimum absolute atomic E-state index is 0.212. The zero-order chi connectivity index (χ0) is 18.5. The first-order valence-corrected chi connectivity index (χ1v) is 9.75. The summed E-state index contributed by atoms with van der Waals surface area (Å²) in [5.74, 6) is -1.50. The maximum Gasteiger partial charge on any atom is 0.313 e. The summed E-state index contributed by atoms with van der Waals surface area (Å²) in [6, 6.07) is 14.0. The molecule has 0 spiro atoms. The van der Waals surface area contributed by atoms with Crippen molar-refractivity contribution in [3.05, 3.63) is 73.6 Å². The van der Waals surface area contributed by atoms with Crippen LogP contribution in [-0.2, 0) is 16.1 Å². The van der Waals surface area contributed by atoms with E-state index in [1.807, 2.05) is 29.6 Å². The average molecular weight is 407 g/mol. The van der Waals surface area contributed by atoms with Gasteiger partial charge in [-0.2, -0.15) is 0 Å². The van der Waals surface area contributed by atoms with E-state index in [9.17, 15) is 14.7 Å². The van der Waals surface area contributed by atoms with E-state index in [1.165, 1.54) is 22.7 Å². The molecular weight excluding hydrogens is 392 g/mol. The largest absolute Gasteiger partial charge is 0.382 e. The van der Waals surface area contributed by atoms with Gasteiger partial charge in [-0.05, 0) is 41.8 Å². The van der Waals surface area contributed by atoms with Crippen LogP contribution in [0.3, 0.4) is 0 Å². The van der Waals surface area contributed by atoms with E-state index in [1.54, 1.807) is 24.3 Å². The molecule has 1 unspecified atom stereocenters. The fraction of sp³-hybridized carbons (Fsp3) is 0.111. The number of halogens is 1. The number of thiophene rings is 2. The molecule has 3 N–H and O–H groups in total. The maximum atomic E-state index is 11.9. The molecule has 3 rings (SSSR count). The van der Waals surface area contributed by atoms with Crippen molar-refractivity contribution in [3.63, 3.8) is 0 Å². The lowest BCUT2D eigenvalue weighted by molar-refractivity contribution is -0.136. The number of anilines is 1. The van der Waals surface area contributed by atoms with Gasteiger partial charge in [0.2, 0.25) is 0 Å². The molecule has 0 radical (unpaired) electrons. The van der Waals surface area contributed by atoms with Crippen molar-refractivity contribution in [2.24, 2.45) is 0 Å². The van der Waals surface area contributed by atoms with Gasteiger partial charge < -0.3 is 15.7 Å². The Morgan fingerprint density at radius 3 is 2.65 bits per heavy atom. The molecule has 0 bridgehead atoms. The molecular formula is C18H15ClN2O3S2. The molecule has 0 aliphatic rings. The third-order valence-corrected chi connectivity index (χ3v) is 5.77. The number of amides is 2. The van der Waals surface area contributed by atoms with Crippen LogP contribution in [0, 0.1) is 0 Å². The number of hydrogen-bond donors (Lipinski definition) is 3. The number of nitrogens with one attached hydrogen (secondary N) is 2. The summed E-state index contributed by atoms with van der Waals surface area (Å²) in [5, 5.41) is 17.7. The lowest BCUT2D eigenvalue weighted by Gasteiger charge is -2.06. The van der Waals surface area contributed by atoms with Crippen molar-refractivity contribution in [2.45, 2.75) is 12.6 Å². The van der Waals surface area contributed by atoms with Crippen molar-refractivity contribution < 1.29 is 14.7 Å². The minimum Gasteiger partial charge on any atom is -0.382 e. The van der Waals surface area contributed by atoms with Gasteiger partial charge >= 0.3 is 11.8 Å². The van der Waals surface area contributed by atoms with Crippen LogP contribution in [-0.4, -0.2) is 16.9 Å². The van der Waals surface area contributed by atoms with Crippen molar-refractivity contribution in [3.8, 4) is 0 Å². The van der Waals surface area contributed by atoms with E-state index < -0.39 is 17.9 Å². The Labute approximate surface area is 163 Å². The molecule has 26 heavy (non-hydrogen) atoms. The van der Waals surface area contributed by atoms with Gasteiger partial charge in [-0.15, -0.1) is 22.7 Å². The van der Waals surface area contributed by atoms with Gasteiger partial charge in [0, 0.05) is 25.3 Å². The highest BCUT2D eigenvalue weighted by Crippen LogP contribution is 2.30. The molecule has 0 saturated heterocycles. The molecule has 134 valence electrons. The molecule has 0 saturated carbocycles. The highest BCUT2D eigenvalue weighted by molar-refractivity contribution is 7.12. The van der Waals surface area contributed by atoms with Crippen LogP contribution in [0.1, 0.15) is 20.7 Å². The monoisotopic (exact) mass is 406 g/mol. The van der Waals surface area contributed by atoms with E-state index in [4.69, 9.17) is 11.6 Å². The van der Waals surface area contributed by atoms with Crippen molar-refractivity contribution in [1.29, 1.82) is 0 Å². The van der Waals surface area contributed by atoms with Crippen molar-refractivity contribution in [2.75, 3.05) is 5.32 Å². The van der Waals surface area contributed by atoms with E-state index in [0.29, 0.717) is 10.7 Å². The Morgan fingerprint density at radius 1 is 1.08 bits per heavy atom. The fourth-order valence-corrected chi connectivity index (χ4v) is 4.18. The zero-order valence-corrected chi connectivity index (χ0v) is 15.8. The van der Waals surface area contributed by atoms with Gasteiger partial charge in [-0.3, -0.25) is 9.59 Å². The number of rotatable bonds is 5. The predicted octanol–water partition coefficient (Wildman–Crippen LogP) is 3.80. The molecule has 0 fully saturated rings.